The molecule has 0 saturated heterocycles. The van der Waals surface area contributed by atoms with Gasteiger partial charge in [0.15, 0.2) is 0 Å². The van der Waals surface area contributed by atoms with E-state index < -0.39 is 0 Å². The number of tetrazole rings is 1. The molecular formula is C11H12ClN5. The lowest BCUT2D eigenvalue weighted by Crippen LogP contribution is -1.98. The number of nitrogen functional groups attached to an aromatic ring is 1. The quantitative estimate of drug-likeness (QED) is 0.829. The summed E-state index contributed by atoms with van der Waals surface area (Å²) in [5.41, 5.74) is 8.22. The Labute approximate surface area is 104 Å². The molecule has 2 N–H and O–H groups in total. The summed E-state index contributed by atoms with van der Waals surface area (Å²) < 4.78 is 0. The smallest absolute Gasteiger partial charge is 0.205 e. The summed E-state index contributed by atoms with van der Waals surface area (Å²) >= 11 is 5.95. The lowest BCUT2D eigenvalue weighted by atomic mass is 10.1. The van der Waals surface area contributed by atoms with Crippen LogP contribution < -0.4 is 5.73 Å². The molecule has 1 aromatic carbocycles. The molecule has 0 bridgehead atoms. The highest BCUT2D eigenvalue weighted by Crippen LogP contribution is 2.34. The van der Waals surface area contributed by atoms with Gasteiger partial charge in [0, 0.05) is 5.56 Å². The van der Waals surface area contributed by atoms with Crippen LogP contribution in [-0.4, -0.2) is 20.2 Å². The van der Waals surface area contributed by atoms with Gasteiger partial charge < -0.3 is 5.73 Å². The van der Waals surface area contributed by atoms with Crippen molar-refractivity contribution in [1.29, 1.82) is 0 Å². The Balaban J connectivity index is 2.04. The maximum Gasteiger partial charge on any atom is 0.205 e. The van der Waals surface area contributed by atoms with Crippen LogP contribution in [0.3, 0.4) is 0 Å². The van der Waals surface area contributed by atoms with E-state index in [1.807, 2.05) is 13.0 Å². The third-order valence-electron chi connectivity index (χ3n) is 2.89. The number of aryl methyl sites for hydroxylation is 1. The molecule has 1 fully saturated rings. The maximum absolute atomic E-state index is 5.95. The second-order valence-corrected chi connectivity index (χ2v) is 4.76. The second kappa shape index (κ2) is 3.70. The van der Waals surface area contributed by atoms with Crippen molar-refractivity contribution in [2.45, 2.75) is 25.8 Å². The largest absolute Gasteiger partial charge is 0.398 e. The van der Waals surface area contributed by atoms with E-state index in [0.29, 0.717) is 22.6 Å². The summed E-state index contributed by atoms with van der Waals surface area (Å²) in [4.78, 5) is 1.68. The number of nitrogens with zero attached hydrogens (tertiary/aromatic N) is 4. The first-order valence-corrected chi connectivity index (χ1v) is 5.88. The molecule has 6 heteroatoms. The highest BCUT2D eigenvalue weighted by atomic mass is 35.5. The third kappa shape index (κ3) is 1.86. The van der Waals surface area contributed by atoms with Crippen molar-refractivity contribution in [3.05, 3.63) is 22.7 Å². The molecule has 1 heterocycles. The van der Waals surface area contributed by atoms with Gasteiger partial charge in [-0.15, -0.1) is 10.2 Å². The van der Waals surface area contributed by atoms with E-state index in [-0.39, 0.29) is 0 Å². The van der Waals surface area contributed by atoms with Crippen molar-refractivity contribution in [1.82, 2.24) is 20.2 Å². The highest BCUT2D eigenvalue weighted by Gasteiger charge is 2.26. The molecule has 1 saturated carbocycles. The minimum Gasteiger partial charge on any atom is -0.398 e. The van der Waals surface area contributed by atoms with Crippen molar-refractivity contribution in [2.75, 3.05) is 5.73 Å². The molecule has 0 aliphatic heterocycles. The van der Waals surface area contributed by atoms with Crippen molar-refractivity contribution < 1.29 is 0 Å². The van der Waals surface area contributed by atoms with Gasteiger partial charge in [-0.05, 0) is 42.7 Å². The number of benzene rings is 1. The number of rotatable bonds is 2. The van der Waals surface area contributed by atoms with Gasteiger partial charge in [0.25, 0.3) is 0 Å². The number of hydrogen-bond acceptors (Lipinski definition) is 4. The molecule has 88 valence electrons. The average molecular weight is 250 g/mol. The summed E-state index contributed by atoms with van der Waals surface area (Å²) in [6.45, 7) is 1.96. The Morgan fingerprint density at radius 2 is 2.18 bits per heavy atom. The van der Waals surface area contributed by atoms with E-state index in [9.17, 15) is 0 Å². The van der Waals surface area contributed by atoms with E-state index in [0.717, 1.165) is 24.0 Å². The predicted molar refractivity (Wildman–Crippen MR) is 65.7 cm³/mol. The molecule has 0 atom stereocenters. The number of aromatic nitrogens is 4. The molecule has 0 amide bonds. The Morgan fingerprint density at radius 1 is 1.41 bits per heavy atom. The highest BCUT2D eigenvalue weighted by molar-refractivity contribution is 6.33. The van der Waals surface area contributed by atoms with Crippen LogP contribution in [-0.2, 0) is 0 Å². The van der Waals surface area contributed by atoms with Gasteiger partial charge in [-0.1, -0.05) is 11.6 Å². The van der Waals surface area contributed by atoms with Crippen LogP contribution in [0.2, 0.25) is 5.02 Å². The topological polar surface area (TPSA) is 69.6 Å². The summed E-state index contributed by atoms with van der Waals surface area (Å²) in [7, 11) is 0. The van der Waals surface area contributed by atoms with Crippen molar-refractivity contribution in [3.8, 4) is 11.4 Å². The zero-order chi connectivity index (χ0) is 12.0. The number of halogens is 1. The Morgan fingerprint density at radius 3 is 2.88 bits per heavy atom. The third-order valence-corrected chi connectivity index (χ3v) is 3.21. The van der Waals surface area contributed by atoms with Gasteiger partial charge in [-0.25, -0.2) is 0 Å². The molecule has 5 nitrogen and oxygen atoms in total. The monoisotopic (exact) mass is 249 g/mol. The standard InChI is InChI=1S/C11H12ClN5/c1-6-4-9(12)10(13)5-8(6)11-14-16-17(15-11)7-2-3-7/h4-5,7H,2-3,13H2,1H3. The fraction of sp³-hybridized carbons (Fsp3) is 0.364. The zero-order valence-corrected chi connectivity index (χ0v) is 10.1. The summed E-state index contributed by atoms with van der Waals surface area (Å²) in [6.07, 6.45) is 2.27. The Bertz CT molecular complexity index is 573. The predicted octanol–water partition coefficient (Wildman–Crippen LogP) is 2.22. The van der Waals surface area contributed by atoms with Crippen LogP contribution in [0.15, 0.2) is 12.1 Å². The molecule has 3 rings (SSSR count). The van der Waals surface area contributed by atoms with Gasteiger partial charge in [0.05, 0.1) is 16.8 Å². The van der Waals surface area contributed by atoms with Gasteiger partial charge in [0.1, 0.15) is 0 Å². The summed E-state index contributed by atoms with van der Waals surface area (Å²) in [5.74, 6) is 0.609. The van der Waals surface area contributed by atoms with E-state index in [4.69, 9.17) is 17.3 Å². The molecule has 1 aliphatic rings. The Kier molecular flexibility index (Phi) is 2.29. The van der Waals surface area contributed by atoms with Crippen molar-refractivity contribution >= 4 is 17.3 Å². The van der Waals surface area contributed by atoms with Gasteiger partial charge in [0.2, 0.25) is 5.82 Å². The second-order valence-electron chi connectivity index (χ2n) is 4.35. The van der Waals surface area contributed by atoms with Gasteiger partial charge >= 0.3 is 0 Å². The van der Waals surface area contributed by atoms with Crippen molar-refractivity contribution in [3.63, 3.8) is 0 Å². The van der Waals surface area contributed by atoms with Crippen LogP contribution in [0.5, 0.6) is 0 Å². The fourth-order valence-electron chi connectivity index (χ4n) is 1.72. The number of nitrogens with two attached hydrogens (primary N) is 1. The molecule has 0 radical (unpaired) electrons. The molecular weight excluding hydrogens is 238 g/mol. The lowest BCUT2D eigenvalue weighted by Gasteiger charge is -2.04. The first-order chi connectivity index (χ1) is 8.15. The Hall–Kier alpha value is -1.62. The summed E-state index contributed by atoms with van der Waals surface area (Å²) in [5, 5.41) is 13.0. The van der Waals surface area contributed by atoms with Crippen LogP contribution in [0.4, 0.5) is 5.69 Å². The van der Waals surface area contributed by atoms with Crippen LogP contribution in [0.1, 0.15) is 24.4 Å². The number of hydrogen-bond donors (Lipinski definition) is 1. The van der Waals surface area contributed by atoms with Crippen molar-refractivity contribution in [2.24, 2.45) is 0 Å². The maximum atomic E-state index is 5.95. The molecule has 17 heavy (non-hydrogen) atoms. The molecule has 1 aromatic heterocycles. The molecule has 1 aliphatic carbocycles. The minimum absolute atomic E-state index is 0.432. The normalized spacial score (nSPS) is 15.2. The van der Waals surface area contributed by atoms with Crippen LogP contribution in [0, 0.1) is 6.92 Å². The first-order valence-electron chi connectivity index (χ1n) is 5.50. The van der Waals surface area contributed by atoms with E-state index in [1.54, 1.807) is 10.9 Å². The zero-order valence-electron chi connectivity index (χ0n) is 9.39. The molecule has 0 spiro atoms. The van der Waals surface area contributed by atoms with E-state index in [2.05, 4.69) is 15.4 Å². The van der Waals surface area contributed by atoms with Gasteiger partial charge in [-0.3, -0.25) is 0 Å². The van der Waals surface area contributed by atoms with Gasteiger partial charge in [-0.2, -0.15) is 4.80 Å². The minimum atomic E-state index is 0.432. The summed E-state index contributed by atoms with van der Waals surface area (Å²) in [6, 6.07) is 4.05. The number of anilines is 1. The van der Waals surface area contributed by atoms with E-state index >= 15 is 0 Å². The molecule has 0 unspecified atom stereocenters. The SMILES string of the molecule is Cc1cc(Cl)c(N)cc1-c1nnn(C2CC2)n1. The van der Waals surface area contributed by atoms with Crippen LogP contribution in [0.25, 0.3) is 11.4 Å². The first kappa shape index (κ1) is 10.5. The fourth-order valence-corrected chi connectivity index (χ4v) is 1.94. The lowest BCUT2D eigenvalue weighted by molar-refractivity contribution is 0.537. The molecule has 2 aromatic rings. The average Bonchev–Trinajstić information content (AvgIpc) is 3.03. The van der Waals surface area contributed by atoms with E-state index in [1.165, 1.54) is 0 Å². The van der Waals surface area contributed by atoms with Crippen LogP contribution >= 0.6 is 11.6 Å².